The van der Waals surface area contributed by atoms with Crippen molar-refractivity contribution >= 4 is 17.4 Å². The molecule has 5 nitrogen and oxygen atoms in total. The first-order valence-electron chi connectivity index (χ1n) is 12.7. The standard InChI is InChI=1S/C29H35N3O2/c1-21-17-22(2)19-31(18-21)27-26(24-11-7-4-8-12-24)28(33)32(29(27)34)25-13-15-30(16-14-25)20-23-9-5-3-6-10-23/h3-12,21-22,25H,13-20H2,1-2H3. The average molecular weight is 458 g/mol. The highest BCUT2D eigenvalue weighted by Crippen LogP contribution is 2.37. The van der Waals surface area contributed by atoms with Gasteiger partial charge in [0.05, 0.1) is 5.57 Å². The van der Waals surface area contributed by atoms with Gasteiger partial charge < -0.3 is 4.90 Å². The zero-order chi connectivity index (χ0) is 23.7. The van der Waals surface area contributed by atoms with Crippen LogP contribution >= 0.6 is 0 Å². The molecule has 0 saturated carbocycles. The van der Waals surface area contributed by atoms with Gasteiger partial charge in [-0.1, -0.05) is 74.5 Å². The molecule has 178 valence electrons. The summed E-state index contributed by atoms with van der Waals surface area (Å²) in [6, 6.07) is 20.2. The molecule has 2 saturated heterocycles. The second-order valence-corrected chi connectivity index (χ2v) is 10.4. The Balaban J connectivity index is 1.37. The molecule has 0 aromatic heterocycles. The molecular weight excluding hydrogens is 422 g/mol. The first kappa shape index (κ1) is 22.9. The summed E-state index contributed by atoms with van der Waals surface area (Å²) in [5.74, 6) is 0.808. The number of nitrogens with zero attached hydrogens (tertiary/aromatic N) is 3. The van der Waals surface area contributed by atoms with Crippen molar-refractivity contribution < 1.29 is 9.59 Å². The zero-order valence-corrected chi connectivity index (χ0v) is 20.3. The number of likely N-dealkylation sites (tertiary alicyclic amines) is 2. The normalized spacial score (nSPS) is 24.9. The van der Waals surface area contributed by atoms with Gasteiger partial charge in [-0.15, -0.1) is 0 Å². The summed E-state index contributed by atoms with van der Waals surface area (Å²) in [4.78, 5) is 33.9. The molecule has 0 N–H and O–H groups in total. The minimum Gasteiger partial charge on any atom is -0.366 e. The lowest BCUT2D eigenvalue weighted by Gasteiger charge is -2.38. The van der Waals surface area contributed by atoms with Gasteiger partial charge in [-0.25, -0.2) is 0 Å². The number of carbonyl (C=O) groups excluding carboxylic acids is 2. The van der Waals surface area contributed by atoms with Crippen LogP contribution < -0.4 is 0 Å². The molecule has 2 unspecified atom stereocenters. The predicted molar refractivity (Wildman–Crippen MR) is 134 cm³/mol. The second-order valence-electron chi connectivity index (χ2n) is 10.4. The van der Waals surface area contributed by atoms with E-state index in [1.165, 1.54) is 5.56 Å². The highest BCUT2D eigenvalue weighted by atomic mass is 16.2. The van der Waals surface area contributed by atoms with Gasteiger partial charge in [0.15, 0.2) is 0 Å². The monoisotopic (exact) mass is 457 g/mol. The van der Waals surface area contributed by atoms with Crippen LogP contribution in [0.1, 0.15) is 44.2 Å². The van der Waals surface area contributed by atoms with Crippen LogP contribution in [0.15, 0.2) is 66.4 Å². The molecule has 0 aliphatic carbocycles. The SMILES string of the molecule is CC1CC(C)CN(C2=C(c3ccccc3)C(=O)N(C3CCN(Cc4ccccc4)CC3)C2=O)C1. The van der Waals surface area contributed by atoms with Gasteiger partial charge in [0.25, 0.3) is 11.8 Å². The van der Waals surface area contributed by atoms with E-state index in [1.807, 2.05) is 36.4 Å². The van der Waals surface area contributed by atoms with Crippen LogP contribution in [0.4, 0.5) is 0 Å². The van der Waals surface area contributed by atoms with Crippen LogP contribution in [0.25, 0.3) is 5.57 Å². The number of hydrogen-bond donors (Lipinski definition) is 0. The van der Waals surface area contributed by atoms with Gasteiger partial charge >= 0.3 is 0 Å². The number of benzene rings is 2. The van der Waals surface area contributed by atoms with Crippen LogP contribution in [-0.4, -0.2) is 58.7 Å². The van der Waals surface area contributed by atoms with E-state index in [0.29, 0.717) is 23.1 Å². The molecular formula is C29H35N3O2. The first-order valence-corrected chi connectivity index (χ1v) is 12.7. The third-order valence-electron chi connectivity index (χ3n) is 7.51. The second kappa shape index (κ2) is 9.75. The Morgan fingerprint density at radius 2 is 1.38 bits per heavy atom. The Labute approximate surface area is 203 Å². The van der Waals surface area contributed by atoms with Gasteiger partial charge in [0.1, 0.15) is 5.70 Å². The summed E-state index contributed by atoms with van der Waals surface area (Å²) >= 11 is 0. The molecule has 2 amide bonds. The third kappa shape index (κ3) is 4.54. The molecule has 3 aliphatic heterocycles. The highest BCUT2D eigenvalue weighted by Gasteiger charge is 2.46. The number of carbonyl (C=O) groups is 2. The van der Waals surface area contributed by atoms with Crippen molar-refractivity contribution in [3.05, 3.63) is 77.5 Å². The minimum absolute atomic E-state index is 0.0390. The summed E-state index contributed by atoms with van der Waals surface area (Å²) in [7, 11) is 0. The van der Waals surface area contributed by atoms with Gasteiger partial charge in [0.2, 0.25) is 0 Å². The Hall–Kier alpha value is -2.92. The maximum Gasteiger partial charge on any atom is 0.278 e. The molecule has 3 aliphatic rings. The maximum absolute atomic E-state index is 13.9. The van der Waals surface area contributed by atoms with Gasteiger partial charge in [-0.2, -0.15) is 0 Å². The van der Waals surface area contributed by atoms with Gasteiger partial charge in [-0.05, 0) is 42.2 Å². The van der Waals surface area contributed by atoms with Gasteiger partial charge in [0, 0.05) is 38.8 Å². The lowest BCUT2D eigenvalue weighted by Crippen LogP contribution is -2.49. The van der Waals surface area contributed by atoms with Crippen molar-refractivity contribution in [2.75, 3.05) is 26.2 Å². The van der Waals surface area contributed by atoms with Gasteiger partial charge in [-0.3, -0.25) is 19.4 Å². The van der Waals surface area contributed by atoms with E-state index in [1.54, 1.807) is 4.90 Å². The largest absolute Gasteiger partial charge is 0.366 e. The number of imide groups is 1. The van der Waals surface area contributed by atoms with Crippen molar-refractivity contribution in [1.82, 2.24) is 14.7 Å². The molecule has 3 heterocycles. The van der Waals surface area contributed by atoms with Crippen LogP contribution in [0, 0.1) is 11.8 Å². The van der Waals surface area contributed by atoms with E-state index in [2.05, 4.69) is 47.9 Å². The Kier molecular flexibility index (Phi) is 6.55. The Morgan fingerprint density at radius 3 is 2.00 bits per heavy atom. The van der Waals surface area contributed by atoms with E-state index in [4.69, 9.17) is 0 Å². The van der Waals surface area contributed by atoms with Crippen molar-refractivity contribution in [1.29, 1.82) is 0 Å². The van der Waals surface area contributed by atoms with Crippen molar-refractivity contribution in [3.8, 4) is 0 Å². The molecule has 2 aromatic carbocycles. The lowest BCUT2D eigenvalue weighted by atomic mass is 9.91. The molecule has 5 rings (SSSR count). The molecule has 2 aromatic rings. The molecule has 0 bridgehead atoms. The molecule has 2 fully saturated rings. The lowest BCUT2D eigenvalue weighted by molar-refractivity contribution is -0.141. The predicted octanol–water partition coefficient (Wildman–Crippen LogP) is 4.41. The number of amides is 2. The molecule has 0 radical (unpaired) electrons. The van der Waals surface area contributed by atoms with Crippen LogP contribution in [0.3, 0.4) is 0 Å². The summed E-state index contributed by atoms with van der Waals surface area (Å²) < 4.78 is 0. The zero-order valence-electron chi connectivity index (χ0n) is 20.3. The number of rotatable bonds is 5. The summed E-state index contributed by atoms with van der Waals surface area (Å²) in [6.45, 7) is 8.85. The Morgan fingerprint density at radius 1 is 0.794 bits per heavy atom. The van der Waals surface area contributed by atoms with Crippen molar-refractivity contribution in [2.24, 2.45) is 11.8 Å². The molecule has 34 heavy (non-hydrogen) atoms. The fraction of sp³-hybridized carbons (Fsp3) is 0.448. The van der Waals surface area contributed by atoms with E-state index in [0.717, 1.165) is 57.5 Å². The molecule has 0 spiro atoms. The first-order chi connectivity index (χ1) is 16.5. The summed E-state index contributed by atoms with van der Waals surface area (Å²) in [5, 5.41) is 0. The highest BCUT2D eigenvalue weighted by molar-refractivity contribution is 6.35. The fourth-order valence-corrected chi connectivity index (χ4v) is 6.05. The van der Waals surface area contributed by atoms with E-state index in [9.17, 15) is 9.59 Å². The number of hydrogen-bond acceptors (Lipinski definition) is 4. The van der Waals surface area contributed by atoms with Crippen LogP contribution in [-0.2, 0) is 16.1 Å². The summed E-state index contributed by atoms with van der Waals surface area (Å²) in [5.41, 5.74) is 3.38. The van der Waals surface area contributed by atoms with Crippen molar-refractivity contribution in [2.45, 2.75) is 45.7 Å². The molecule has 2 atom stereocenters. The smallest absolute Gasteiger partial charge is 0.278 e. The van der Waals surface area contributed by atoms with E-state index in [-0.39, 0.29) is 17.9 Å². The number of piperidine rings is 2. The van der Waals surface area contributed by atoms with E-state index < -0.39 is 0 Å². The third-order valence-corrected chi connectivity index (χ3v) is 7.51. The summed E-state index contributed by atoms with van der Waals surface area (Å²) in [6.07, 6.45) is 2.81. The fourth-order valence-electron chi connectivity index (χ4n) is 6.05. The molecule has 5 heteroatoms. The van der Waals surface area contributed by atoms with E-state index >= 15 is 0 Å². The van der Waals surface area contributed by atoms with Crippen molar-refractivity contribution in [3.63, 3.8) is 0 Å². The Bertz CT molecular complexity index is 1050. The quantitative estimate of drug-likeness (QED) is 0.624. The van der Waals surface area contributed by atoms with Crippen LogP contribution in [0.5, 0.6) is 0 Å². The average Bonchev–Trinajstić information content (AvgIpc) is 3.10. The maximum atomic E-state index is 13.9. The topological polar surface area (TPSA) is 43.9 Å². The minimum atomic E-state index is -0.112. The van der Waals surface area contributed by atoms with Crippen LogP contribution in [0.2, 0.25) is 0 Å².